The summed E-state index contributed by atoms with van der Waals surface area (Å²) in [4.78, 5) is 35.4. The van der Waals surface area contributed by atoms with Crippen LogP contribution in [0.5, 0.6) is 0 Å². The van der Waals surface area contributed by atoms with Gasteiger partial charge in [0.1, 0.15) is 11.6 Å². The van der Waals surface area contributed by atoms with Crippen molar-refractivity contribution < 1.29 is 23.9 Å². The molecule has 2 rings (SSSR count). The van der Waals surface area contributed by atoms with E-state index < -0.39 is 24.5 Å². The first-order valence-corrected chi connectivity index (χ1v) is 9.33. The second kappa shape index (κ2) is 9.89. The van der Waals surface area contributed by atoms with Gasteiger partial charge in [0.05, 0.1) is 12.6 Å². The fourth-order valence-corrected chi connectivity index (χ4v) is 3.06. The molecule has 0 unspecified atom stereocenters. The first kappa shape index (κ1) is 22.2. The van der Waals surface area contributed by atoms with E-state index >= 15 is 0 Å². The summed E-state index contributed by atoms with van der Waals surface area (Å²) in [7, 11) is 1.63. The highest BCUT2D eigenvalue weighted by atomic mass is 16.5. The van der Waals surface area contributed by atoms with Gasteiger partial charge in [0, 0.05) is 24.5 Å². The number of hydrogen-bond donors (Lipinski definition) is 2. The van der Waals surface area contributed by atoms with Gasteiger partial charge in [0.25, 0.3) is 5.91 Å². The van der Waals surface area contributed by atoms with Crippen LogP contribution >= 0.6 is 0 Å². The number of hydrogen-bond acceptors (Lipinski definition) is 6. The highest BCUT2D eigenvalue weighted by molar-refractivity contribution is 6.00. The third kappa shape index (κ3) is 6.19. The van der Waals surface area contributed by atoms with Crippen molar-refractivity contribution in [3.63, 3.8) is 0 Å². The molecule has 2 N–H and O–H groups in total. The lowest BCUT2D eigenvalue weighted by atomic mass is 10.1. The molecular formula is C20H26N4O5. The molecule has 0 aromatic carbocycles. The van der Waals surface area contributed by atoms with E-state index in [9.17, 15) is 19.6 Å². The maximum Gasteiger partial charge on any atom is 0.349 e. The van der Waals surface area contributed by atoms with Crippen molar-refractivity contribution in [3.05, 3.63) is 28.6 Å². The number of aryl methyl sites for hydroxylation is 1. The average Bonchev–Trinajstić information content (AvgIpc) is 3.41. The maximum atomic E-state index is 12.2. The smallest absolute Gasteiger partial charge is 0.349 e. The van der Waals surface area contributed by atoms with Crippen LogP contribution in [0.2, 0.25) is 0 Å². The van der Waals surface area contributed by atoms with E-state index in [2.05, 4.69) is 15.2 Å². The molecule has 1 aliphatic carbocycles. The van der Waals surface area contributed by atoms with Crippen LogP contribution in [0, 0.1) is 25.2 Å². The first-order chi connectivity index (χ1) is 13.8. The van der Waals surface area contributed by atoms with Crippen LogP contribution < -0.4 is 10.6 Å². The predicted octanol–water partition coefficient (Wildman–Crippen LogP) is 1.75. The molecule has 0 spiro atoms. The van der Waals surface area contributed by atoms with E-state index in [1.54, 1.807) is 13.2 Å². The summed E-state index contributed by atoms with van der Waals surface area (Å²) in [5.74, 6) is -1.69. The fourth-order valence-electron chi connectivity index (χ4n) is 3.06. The summed E-state index contributed by atoms with van der Waals surface area (Å²) in [6.07, 6.45) is 3.20. The normalized spacial score (nSPS) is 14.7. The minimum Gasteiger partial charge on any atom is -0.451 e. The van der Waals surface area contributed by atoms with E-state index in [-0.39, 0.29) is 17.7 Å². The molecule has 3 amide bonds. The number of imide groups is 1. The highest BCUT2D eigenvalue weighted by Crippen LogP contribution is 2.23. The molecule has 0 radical (unpaired) electrons. The summed E-state index contributed by atoms with van der Waals surface area (Å²) < 4.78 is 12.1. The van der Waals surface area contributed by atoms with E-state index in [1.165, 1.54) is 6.08 Å². The van der Waals surface area contributed by atoms with Gasteiger partial charge in [-0.2, -0.15) is 5.26 Å². The number of aromatic nitrogens is 1. The number of esters is 1. The lowest BCUT2D eigenvalue weighted by Crippen LogP contribution is -2.42. The fraction of sp³-hybridized carbons (Fsp3) is 0.500. The summed E-state index contributed by atoms with van der Waals surface area (Å²) in [6.45, 7) is 5.69. The first-order valence-electron chi connectivity index (χ1n) is 9.33. The minimum atomic E-state index is -0.931. The van der Waals surface area contributed by atoms with Crippen LogP contribution in [-0.4, -0.2) is 48.8 Å². The standard InChI is InChI=1S/C20H26N4O5/c1-12-7-15(14(3)24(12)13(2)10-28-4)8-16(9-21)19(26)29-11-18(25)23-20(27)22-17-5-6-17/h7-8,13,17H,5-6,10-11H2,1-4H3,(H2,22,23,25,27)/b16-8+/t13-/m1/s1. The van der Waals surface area contributed by atoms with Gasteiger partial charge in [-0.3, -0.25) is 10.1 Å². The largest absolute Gasteiger partial charge is 0.451 e. The van der Waals surface area contributed by atoms with Crippen molar-refractivity contribution >= 4 is 24.0 Å². The van der Waals surface area contributed by atoms with Crippen molar-refractivity contribution in [1.29, 1.82) is 5.26 Å². The van der Waals surface area contributed by atoms with E-state index in [0.29, 0.717) is 12.2 Å². The van der Waals surface area contributed by atoms with Crippen LogP contribution in [0.4, 0.5) is 4.79 Å². The van der Waals surface area contributed by atoms with Crippen molar-refractivity contribution in [1.82, 2.24) is 15.2 Å². The molecule has 0 saturated heterocycles. The minimum absolute atomic E-state index is 0.0881. The van der Waals surface area contributed by atoms with Crippen LogP contribution in [0.3, 0.4) is 0 Å². The molecule has 29 heavy (non-hydrogen) atoms. The van der Waals surface area contributed by atoms with Crippen LogP contribution in [0.25, 0.3) is 6.08 Å². The zero-order valence-corrected chi connectivity index (χ0v) is 17.1. The van der Waals surface area contributed by atoms with Crippen LogP contribution in [0.15, 0.2) is 11.6 Å². The summed E-state index contributed by atoms with van der Waals surface area (Å²) in [6, 6.07) is 3.23. The van der Waals surface area contributed by atoms with E-state index in [0.717, 1.165) is 24.2 Å². The maximum absolute atomic E-state index is 12.2. The molecule has 1 fully saturated rings. The van der Waals surface area contributed by atoms with Gasteiger partial charge in [-0.25, -0.2) is 9.59 Å². The van der Waals surface area contributed by atoms with Crippen molar-refractivity contribution in [2.24, 2.45) is 0 Å². The second-order valence-electron chi connectivity index (χ2n) is 7.04. The second-order valence-corrected chi connectivity index (χ2v) is 7.04. The Morgan fingerprint density at radius 1 is 1.38 bits per heavy atom. The third-order valence-corrected chi connectivity index (χ3v) is 4.51. The van der Waals surface area contributed by atoms with E-state index in [4.69, 9.17) is 9.47 Å². The lowest BCUT2D eigenvalue weighted by molar-refractivity contribution is -0.144. The van der Waals surface area contributed by atoms with Gasteiger partial charge in [-0.05, 0) is 51.3 Å². The van der Waals surface area contributed by atoms with Gasteiger partial charge in [0.2, 0.25) is 0 Å². The van der Waals surface area contributed by atoms with Crippen molar-refractivity contribution in [3.8, 4) is 6.07 Å². The van der Waals surface area contributed by atoms with Gasteiger partial charge >= 0.3 is 12.0 Å². The van der Waals surface area contributed by atoms with Crippen molar-refractivity contribution in [2.45, 2.75) is 45.7 Å². The van der Waals surface area contributed by atoms with Crippen molar-refractivity contribution in [2.75, 3.05) is 20.3 Å². The monoisotopic (exact) mass is 402 g/mol. The summed E-state index contributed by atoms with van der Waals surface area (Å²) in [5, 5.41) is 14.0. The number of rotatable bonds is 8. The molecule has 1 aliphatic rings. The summed E-state index contributed by atoms with van der Waals surface area (Å²) in [5.41, 5.74) is 2.30. The molecule has 156 valence electrons. The van der Waals surface area contributed by atoms with Crippen LogP contribution in [-0.2, 0) is 19.1 Å². The van der Waals surface area contributed by atoms with Gasteiger partial charge in [0.15, 0.2) is 6.61 Å². The Hall–Kier alpha value is -3.12. The quantitative estimate of drug-likeness (QED) is 0.388. The molecule has 0 aliphatic heterocycles. The Balaban J connectivity index is 2.00. The Labute approximate surface area is 169 Å². The number of carbonyl (C=O) groups is 3. The molecule has 1 aromatic heterocycles. The zero-order valence-electron chi connectivity index (χ0n) is 17.1. The number of nitrogens with zero attached hydrogens (tertiary/aromatic N) is 2. The number of amides is 3. The molecule has 9 heteroatoms. The molecule has 1 atom stereocenters. The average molecular weight is 402 g/mol. The van der Waals surface area contributed by atoms with Gasteiger partial charge in [-0.15, -0.1) is 0 Å². The molecule has 1 saturated carbocycles. The molecule has 1 heterocycles. The SMILES string of the molecule is COC[C@@H](C)n1c(C)cc(/C=C(\C#N)C(=O)OCC(=O)NC(=O)NC2CC2)c1C. The Kier molecular flexibility index (Phi) is 7.56. The third-order valence-electron chi connectivity index (χ3n) is 4.51. The van der Waals surface area contributed by atoms with Gasteiger partial charge in [-0.1, -0.05) is 0 Å². The summed E-state index contributed by atoms with van der Waals surface area (Å²) >= 11 is 0. The Morgan fingerprint density at radius 2 is 2.07 bits per heavy atom. The zero-order chi connectivity index (χ0) is 21.6. The Morgan fingerprint density at radius 3 is 2.66 bits per heavy atom. The number of nitrogens with one attached hydrogen (secondary N) is 2. The lowest BCUT2D eigenvalue weighted by Gasteiger charge is -2.17. The highest BCUT2D eigenvalue weighted by Gasteiger charge is 2.24. The van der Waals surface area contributed by atoms with E-state index in [1.807, 2.05) is 26.8 Å². The number of urea groups is 1. The molecule has 1 aromatic rings. The molecule has 9 nitrogen and oxygen atoms in total. The number of ether oxygens (including phenoxy) is 2. The predicted molar refractivity (Wildman–Crippen MR) is 105 cm³/mol. The number of carbonyl (C=O) groups excluding carboxylic acids is 3. The van der Waals surface area contributed by atoms with Crippen LogP contribution in [0.1, 0.15) is 42.8 Å². The Bertz CT molecular complexity index is 861. The topological polar surface area (TPSA) is 122 Å². The molecular weight excluding hydrogens is 376 g/mol. The van der Waals surface area contributed by atoms with Gasteiger partial charge < -0.3 is 19.4 Å². The molecule has 0 bridgehead atoms. The number of nitriles is 1. The number of methoxy groups -OCH3 is 1.